The highest BCUT2D eigenvalue weighted by molar-refractivity contribution is 7.17. The molecule has 1 aromatic heterocycles. The van der Waals surface area contributed by atoms with Crippen LogP contribution < -0.4 is 5.32 Å². The van der Waals surface area contributed by atoms with Crippen molar-refractivity contribution in [2.24, 2.45) is 0 Å². The van der Waals surface area contributed by atoms with Gasteiger partial charge in [-0.05, 0) is 24.0 Å². The highest BCUT2D eigenvalue weighted by Gasteiger charge is 2.29. The third-order valence-electron chi connectivity index (χ3n) is 4.63. The van der Waals surface area contributed by atoms with E-state index in [2.05, 4.69) is 5.32 Å². The van der Waals surface area contributed by atoms with E-state index in [0.29, 0.717) is 42.9 Å². The number of hydrogen-bond donors (Lipinski definition) is 1. The summed E-state index contributed by atoms with van der Waals surface area (Å²) in [5, 5.41) is 3.38. The first-order chi connectivity index (χ1) is 13.0. The van der Waals surface area contributed by atoms with E-state index >= 15 is 0 Å². The Hall–Kier alpha value is -2.67. The van der Waals surface area contributed by atoms with Crippen molar-refractivity contribution < 1.29 is 19.1 Å². The molecule has 0 spiro atoms. The number of rotatable bonds is 5. The summed E-state index contributed by atoms with van der Waals surface area (Å²) in [5.41, 5.74) is 2.39. The quantitative estimate of drug-likeness (QED) is 0.802. The highest BCUT2D eigenvalue weighted by Crippen LogP contribution is 2.37. The van der Waals surface area contributed by atoms with Gasteiger partial charge in [-0.25, -0.2) is 4.79 Å². The van der Waals surface area contributed by atoms with Crippen LogP contribution in [0.25, 0.3) is 0 Å². The number of carbonyl (C=O) groups excluding carboxylic acids is 3. The number of fused-ring (bicyclic) bond motifs is 1. The normalized spacial score (nSPS) is 13.0. The number of nitrogens with one attached hydrogen (secondary N) is 1. The van der Waals surface area contributed by atoms with Crippen LogP contribution in [0.3, 0.4) is 0 Å². The molecule has 0 atom stereocenters. The Morgan fingerprint density at radius 1 is 1.22 bits per heavy atom. The van der Waals surface area contributed by atoms with Crippen LogP contribution in [0.1, 0.15) is 39.7 Å². The third-order valence-corrected chi connectivity index (χ3v) is 5.76. The van der Waals surface area contributed by atoms with Crippen molar-refractivity contribution in [3.63, 3.8) is 0 Å². The molecule has 6 nitrogen and oxygen atoms in total. The number of esters is 1. The Morgan fingerprint density at radius 3 is 2.63 bits per heavy atom. The standard InChI is InChI=1S/C20H22N2O4S/c1-13(23)22-11-10-15-16(12-22)27-19(18(15)20(25)26-2)21-17(24)9-8-14-6-4-3-5-7-14/h3-7H,8-12H2,1-2H3,(H,21,24). The number of methoxy groups -OCH3 is 1. The Kier molecular flexibility index (Phi) is 5.91. The lowest BCUT2D eigenvalue weighted by atomic mass is 10.0. The van der Waals surface area contributed by atoms with E-state index in [9.17, 15) is 14.4 Å². The molecule has 0 radical (unpaired) electrons. The lowest BCUT2D eigenvalue weighted by Gasteiger charge is -2.25. The maximum absolute atomic E-state index is 12.4. The van der Waals surface area contributed by atoms with Crippen LogP contribution in [-0.2, 0) is 33.7 Å². The Labute approximate surface area is 162 Å². The minimum atomic E-state index is -0.456. The summed E-state index contributed by atoms with van der Waals surface area (Å²) in [5.74, 6) is -0.602. The summed E-state index contributed by atoms with van der Waals surface area (Å²) in [6.07, 6.45) is 1.53. The van der Waals surface area contributed by atoms with Gasteiger partial charge in [0.15, 0.2) is 0 Å². The average Bonchev–Trinajstić information content (AvgIpc) is 3.03. The molecule has 0 fully saturated rings. The lowest BCUT2D eigenvalue weighted by Crippen LogP contribution is -2.33. The molecule has 0 aliphatic carbocycles. The number of thiophene rings is 1. The molecule has 142 valence electrons. The second-order valence-electron chi connectivity index (χ2n) is 6.42. The maximum Gasteiger partial charge on any atom is 0.341 e. The third kappa shape index (κ3) is 4.36. The number of benzene rings is 1. The Morgan fingerprint density at radius 2 is 1.96 bits per heavy atom. The summed E-state index contributed by atoms with van der Waals surface area (Å²) in [6.45, 7) is 2.55. The van der Waals surface area contributed by atoms with Crippen LogP contribution in [0.4, 0.5) is 5.00 Å². The molecule has 1 aromatic carbocycles. The van der Waals surface area contributed by atoms with E-state index in [4.69, 9.17) is 4.74 Å². The minimum Gasteiger partial charge on any atom is -0.465 e. The van der Waals surface area contributed by atoms with E-state index in [-0.39, 0.29) is 11.8 Å². The average molecular weight is 386 g/mol. The van der Waals surface area contributed by atoms with E-state index in [1.807, 2.05) is 30.3 Å². The number of amides is 2. The summed E-state index contributed by atoms with van der Waals surface area (Å²) < 4.78 is 4.92. The fourth-order valence-corrected chi connectivity index (χ4v) is 4.44. The van der Waals surface area contributed by atoms with Crippen LogP contribution in [0.15, 0.2) is 30.3 Å². The number of aryl methyl sites for hydroxylation is 1. The molecule has 2 aromatic rings. The Bertz CT molecular complexity index is 860. The summed E-state index contributed by atoms with van der Waals surface area (Å²) >= 11 is 1.35. The molecule has 27 heavy (non-hydrogen) atoms. The molecule has 0 bridgehead atoms. The van der Waals surface area contributed by atoms with Crippen LogP contribution in [0, 0.1) is 0 Å². The molecule has 7 heteroatoms. The fraction of sp³-hybridized carbons (Fsp3) is 0.350. The van der Waals surface area contributed by atoms with Gasteiger partial charge in [-0.2, -0.15) is 0 Å². The second-order valence-corrected chi connectivity index (χ2v) is 7.53. The van der Waals surface area contributed by atoms with Gasteiger partial charge in [-0.1, -0.05) is 30.3 Å². The molecule has 3 rings (SSSR count). The van der Waals surface area contributed by atoms with Gasteiger partial charge in [0.2, 0.25) is 11.8 Å². The molecular weight excluding hydrogens is 364 g/mol. The number of ether oxygens (including phenoxy) is 1. The molecule has 2 heterocycles. The SMILES string of the molecule is COC(=O)c1c(NC(=O)CCc2ccccc2)sc2c1CCN(C(C)=O)C2. The predicted octanol–water partition coefficient (Wildman–Crippen LogP) is 3.01. The topological polar surface area (TPSA) is 75.7 Å². The molecule has 0 saturated carbocycles. The monoisotopic (exact) mass is 386 g/mol. The van der Waals surface area contributed by atoms with Crippen molar-refractivity contribution >= 4 is 34.1 Å². The summed E-state index contributed by atoms with van der Waals surface area (Å²) in [4.78, 5) is 39.0. The van der Waals surface area contributed by atoms with E-state index in [1.54, 1.807) is 4.90 Å². The zero-order valence-electron chi connectivity index (χ0n) is 15.4. The van der Waals surface area contributed by atoms with Crippen molar-refractivity contribution in [2.45, 2.75) is 32.7 Å². The van der Waals surface area contributed by atoms with Gasteiger partial charge >= 0.3 is 5.97 Å². The number of anilines is 1. The molecule has 1 aliphatic heterocycles. The second kappa shape index (κ2) is 8.35. The van der Waals surface area contributed by atoms with Crippen LogP contribution >= 0.6 is 11.3 Å². The van der Waals surface area contributed by atoms with E-state index in [0.717, 1.165) is 16.0 Å². The van der Waals surface area contributed by atoms with Crippen molar-refractivity contribution in [3.8, 4) is 0 Å². The van der Waals surface area contributed by atoms with Crippen LogP contribution in [0.5, 0.6) is 0 Å². The largest absolute Gasteiger partial charge is 0.465 e. The molecule has 0 unspecified atom stereocenters. The van der Waals surface area contributed by atoms with Gasteiger partial charge in [0.1, 0.15) is 5.00 Å². The number of hydrogen-bond acceptors (Lipinski definition) is 5. The fourth-order valence-electron chi connectivity index (χ4n) is 3.17. The maximum atomic E-state index is 12.4. The van der Waals surface area contributed by atoms with Gasteiger partial charge in [0.05, 0.1) is 19.2 Å². The molecule has 0 saturated heterocycles. The summed E-state index contributed by atoms with van der Waals surface area (Å²) in [6, 6.07) is 9.78. The number of carbonyl (C=O) groups is 3. The predicted molar refractivity (Wildman–Crippen MR) is 104 cm³/mol. The minimum absolute atomic E-state index is 0.00196. The van der Waals surface area contributed by atoms with Crippen molar-refractivity contribution in [2.75, 3.05) is 19.0 Å². The van der Waals surface area contributed by atoms with Gasteiger partial charge < -0.3 is 15.0 Å². The van der Waals surface area contributed by atoms with Crippen molar-refractivity contribution in [3.05, 3.63) is 51.9 Å². The molecule has 1 aliphatic rings. The van der Waals surface area contributed by atoms with Crippen LogP contribution in [-0.4, -0.2) is 36.3 Å². The number of nitrogens with zero attached hydrogens (tertiary/aromatic N) is 1. The van der Waals surface area contributed by atoms with E-state index < -0.39 is 5.97 Å². The van der Waals surface area contributed by atoms with Crippen molar-refractivity contribution in [1.82, 2.24) is 4.90 Å². The first kappa shape index (κ1) is 19.1. The first-order valence-electron chi connectivity index (χ1n) is 8.81. The van der Waals surface area contributed by atoms with Crippen molar-refractivity contribution in [1.29, 1.82) is 0 Å². The molecular formula is C20H22N2O4S. The van der Waals surface area contributed by atoms with Crippen LogP contribution in [0.2, 0.25) is 0 Å². The lowest BCUT2D eigenvalue weighted by molar-refractivity contribution is -0.129. The Balaban J connectivity index is 1.77. The van der Waals surface area contributed by atoms with E-state index in [1.165, 1.54) is 25.4 Å². The van der Waals surface area contributed by atoms with Gasteiger partial charge in [0.25, 0.3) is 0 Å². The molecule has 1 N–H and O–H groups in total. The zero-order valence-corrected chi connectivity index (χ0v) is 16.2. The summed E-state index contributed by atoms with van der Waals surface area (Å²) in [7, 11) is 1.33. The first-order valence-corrected chi connectivity index (χ1v) is 9.63. The van der Waals surface area contributed by atoms with Gasteiger partial charge in [-0.15, -0.1) is 11.3 Å². The molecule has 2 amide bonds. The van der Waals surface area contributed by atoms with Gasteiger partial charge in [0, 0.05) is 24.8 Å². The zero-order chi connectivity index (χ0) is 19.4. The smallest absolute Gasteiger partial charge is 0.341 e. The highest BCUT2D eigenvalue weighted by atomic mass is 32.1. The van der Waals surface area contributed by atoms with Gasteiger partial charge in [-0.3, -0.25) is 9.59 Å².